The normalized spacial score (nSPS) is 11.3. The average Bonchev–Trinajstić information content (AvgIpc) is 2.77. The SMILES string of the molecule is NCCCCCCCc1ccc(O)c(CCCCCCCN)c1CCCCCCCN. The average molecular weight is 434 g/mol. The van der Waals surface area contributed by atoms with Crippen molar-refractivity contribution in [3.8, 4) is 5.75 Å². The largest absolute Gasteiger partial charge is 0.508 e. The molecule has 0 saturated heterocycles. The Hall–Kier alpha value is -1.10. The van der Waals surface area contributed by atoms with Gasteiger partial charge >= 0.3 is 0 Å². The van der Waals surface area contributed by atoms with Crippen LogP contribution in [0.5, 0.6) is 5.75 Å². The lowest BCUT2D eigenvalue weighted by atomic mass is 9.89. The van der Waals surface area contributed by atoms with Gasteiger partial charge in [-0.1, -0.05) is 63.9 Å². The number of phenols is 1. The highest BCUT2D eigenvalue weighted by Gasteiger charge is 2.13. The number of aromatic hydroxyl groups is 1. The smallest absolute Gasteiger partial charge is 0.119 e. The molecule has 4 heteroatoms. The van der Waals surface area contributed by atoms with Gasteiger partial charge in [0.2, 0.25) is 0 Å². The Labute approximate surface area is 192 Å². The highest BCUT2D eigenvalue weighted by molar-refractivity contribution is 5.45. The summed E-state index contributed by atoms with van der Waals surface area (Å²) in [6.07, 6.45) is 21.5. The van der Waals surface area contributed by atoms with Crippen molar-refractivity contribution in [1.82, 2.24) is 0 Å². The molecule has 0 spiro atoms. The Bertz CT molecular complexity index is 548. The summed E-state index contributed by atoms with van der Waals surface area (Å²) in [6.45, 7) is 2.41. The Morgan fingerprint density at radius 1 is 0.452 bits per heavy atom. The molecule has 0 atom stereocenters. The van der Waals surface area contributed by atoms with Gasteiger partial charge in [0.05, 0.1) is 0 Å². The van der Waals surface area contributed by atoms with Crippen LogP contribution in [0.1, 0.15) is 113 Å². The fraction of sp³-hybridized carbons (Fsp3) is 0.778. The van der Waals surface area contributed by atoms with Crippen molar-refractivity contribution in [2.75, 3.05) is 19.6 Å². The van der Waals surface area contributed by atoms with E-state index in [4.69, 9.17) is 17.2 Å². The second-order valence-corrected chi connectivity index (χ2v) is 9.12. The molecule has 0 aromatic heterocycles. The molecule has 4 nitrogen and oxygen atoms in total. The molecule has 0 saturated carbocycles. The lowest BCUT2D eigenvalue weighted by Gasteiger charge is -2.17. The van der Waals surface area contributed by atoms with Crippen LogP contribution in [-0.4, -0.2) is 24.7 Å². The molecule has 0 aliphatic carbocycles. The topological polar surface area (TPSA) is 98.3 Å². The molecule has 0 radical (unpaired) electrons. The van der Waals surface area contributed by atoms with Gasteiger partial charge in [-0.05, 0) is 100 Å². The van der Waals surface area contributed by atoms with Gasteiger partial charge in [0.25, 0.3) is 0 Å². The van der Waals surface area contributed by atoms with Gasteiger partial charge in [0, 0.05) is 0 Å². The lowest BCUT2D eigenvalue weighted by molar-refractivity contribution is 0.463. The first-order valence-corrected chi connectivity index (χ1v) is 13.2. The van der Waals surface area contributed by atoms with E-state index in [1.807, 2.05) is 6.07 Å². The minimum Gasteiger partial charge on any atom is -0.508 e. The first-order valence-electron chi connectivity index (χ1n) is 13.2. The highest BCUT2D eigenvalue weighted by Crippen LogP contribution is 2.30. The van der Waals surface area contributed by atoms with E-state index in [-0.39, 0.29) is 0 Å². The second kappa shape index (κ2) is 19.6. The van der Waals surface area contributed by atoms with E-state index in [2.05, 4.69) is 6.07 Å². The summed E-state index contributed by atoms with van der Waals surface area (Å²) in [5.41, 5.74) is 21.0. The van der Waals surface area contributed by atoms with E-state index >= 15 is 0 Å². The molecule has 0 fully saturated rings. The van der Waals surface area contributed by atoms with Crippen LogP contribution in [0.15, 0.2) is 12.1 Å². The van der Waals surface area contributed by atoms with Crippen molar-refractivity contribution in [1.29, 1.82) is 0 Å². The molecule has 0 aliphatic heterocycles. The van der Waals surface area contributed by atoms with Gasteiger partial charge in [-0.3, -0.25) is 0 Å². The third-order valence-electron chi connectivity index (χ3n) is 6.42. The molecule has 7 N–H and O–H groups in total. The minimum absolute atomic E-state index is 0.506. The van der Waals surface area contributed by atoms with Gasteiger partial charge in [0.15, 0.2) is 0 Å². The Balaban J connectivity index is 2.67. The van der Waals surface area contributed by atoms with E-state index in [1.54, 1.807) is 0 Å². The first kappa shape index (κ1) is 27.9. The van der Waals surface area contributed by atoms with Crippen molar-refractivity contribution >= 4 is 0 Å². The summed E-state index contributed by atoms with van der Waals surface area (Å²) in [4.78, 5) is 0. The maximum Gasteiger partial charge on any atom is 0.119 e. The monoisotopic (exact) mass is 433 g/mol. The number of hydrogen-bond donors (Lipinski definition) is 4. The maximum atomic E-state index is 10.7. The zero-order valence-corrected chi connectivity index (χ0v) is 20.2. The summed E-state index contributed by atoms with van der Waals surface area (Å²) in [6, 6.07) is 4.13. The lowest BCUT2D eigenvalue weighted by Crippen LogP contribution is -2.03. The number of phenolic OH excluding ortho intramolecular Hbond substituents is 1. The number of benzene rings is 1. The molecule has 180 valence electrons. The molecule has 1 aromatic rings. The number of nitrogens with two attached hydrogens (primary N) is 3. The van der Waals surface area contributed by atoms with Crippen LogP contribution in [0, 0.1) is 0 Å². The van der Waals surface area contributed by atoms with Gasteiger partial charge in [0.1, 0.15) is 5.75 Å². The van der Waals surface area contributed by atoms with Gasteiger partial charge in [-0.2, -0.15) is 0 Å². The summed E-state index contributed by atoms with van der Waals surface area (Å²) >= 11 is 0. The predicted molar refractivity (Wildman–Crippen MR) is 136 cm³/mol. The molecule has 1 aromatic carbocycles. The van der Waals surface area contributed by atoms with Crippen LogP contribution in [0.3, 0.4) is 0 Å². The molecule has 31 heavy (non-hydrogen) atoms. The number of unbranched alkanes of at least 4 members (excludes halogenated alkanes) is 12. The molecule has 0 unspecified atom stereocenters. The van der Waals surface area contributed by atoms with Crippen molar-refractivity contribution < 1.29 is 5.11 Å². The molecule has 0 aliphatic rings. The van der Waals surface area contributed by atoms with E-state index < -0.39 is 0 Å². The van der Waals surface area contributed by atoms with Crippen LogP contribution < -0.4 is 17.2 Å². The van der Waals surface area contributed by atoms with Gasteiger partial charge < -0.3 is 22.3 Å². The standard InChI is InChI=1S/C27H51N3O/c28-21-13-7-1-4-10-16-24-19-20-27(31)26(18-12-6-3-9-15-23-30)25(24)17-11-5-2-8-14-22-29/h19-20,31H,1-18,21-23,28-30H2. The zero-order chi connectivity index (χ0) is 22.6. The predicted octanol–water partition coefficient (Wildman–Crippen LogP) is 5.75. The van der Waals surface area contributed by atoms with E-state index in [9.17, 15) is 5.11 Å². The van der Waals surface area contributed by atoms with Crippen LogP contribution in [-0.2, 0) is 19.3 Å². The van der Waals surface area contributed by atoms with Crippen molar-refractivity contribution in [3.63, 3.8) is 0 Å². The van der Waals surface area contributed by atoms with Crippen molar-refractivity contribution in [2.24, 2.45) is 17.2 Å². The summed E-state index contributed by atoms with van der Waals surface area (Å²) in [5, 5.41) is 10.7. The summed E-state index contributed by atoms with van der Waals surface area (Å²) in [7, 11) is 0. The molecule has 0 amide bonds. The van der Waals surface area contributed by atoms with Gasteiger partial charge in [-0.15, -0.1) is 0 Å². The Kier molecular flexibility index (Phi) is 17.6. The molecule has 0 heterocycles. The maximum absolute atomic E-state index is 10.7. The van der Waals surface area contributed by atoms with E-state index in [0.29, 0.717) is 5.75 Å². The fourth-order valence-corrected chi connectivity index (χ4v) is 4.50. The Morgan fingerprint density at radius 2 is 0.839 bits per heavy atom. The number of hydrogen-bond acceptors (Lipinski definition) is 4. The highest BCUT2D eigenvalue weighted by atomic mass is 16.3. The summed E-state index contributed by atoms with van der Waals surface area (Å²) in [5.74, 6) is 0.506. The molecule has 0 bridgehead atoms. The molecule has 1 rings (SSSR count). The van der Waals surface area contributed by atoms with Gasteiger partial charge in [-0.25, -0.2) is 0 Å². The minimum atomic E-state index is 0.506. The van der Waals surface area contributed by atoms with E-state index in [1.165, 1.54) is 87.3 Å². The molecular weight excluding hydrogens is 382 g/mol. The third-order valence-corrected chi connectivity index (χ3v) is 6.42. The number of aryl methyl sites for hydroxylation is 1. The van der Waals surface area contributed by atoms with Crippen molar-refractivity contribution in [2.45, 2.75) is 116 Å². The fourth-order valence-electron chi connectivity index (χ4n) is 4.50. The third kappa shape index (κ3) is 13.1. The van der Waals surface area contributed by atoms with Crippen LogP contribution in [0.4, 0.5) is 0 Å². The molecular formula is C27H51N3O. The Morgan fingerprint density at radius 3 is 1.32 bits per heavy atom. The van der Waals surface area contributed by atoms with E-state index in [0.717, 1.165) is 64.6 Å². The number of rotatable bonds is 21. The van der Waals surface area contributed by atoms with Crippen LogP contribution >= 0.6 is 0 Å². The second-order valence-electron chi connectivity index (χ2n) is 9.12. The van der Waals surface area contributed by atoms with Crippen LogP contribution in [0.25, 0.3) is 0 Å². The quantitative estimate of drug-likeness (QED) is 0.186. The first-order chi connectivity index (χ1) is 15.2. The van der Waals surface area contributed by atoms with Crippen LogP contribution in [0.2, 0.25) is 0 Å². The summed E-state index contributed by atoms with van der Waals surface area (Å²) < 4.78 is 0. The van der Waals surface area contributed by atoms with Crippen molar-refractivity contribution in [3.05, 3.63) is 28.8 Å². The zero-order valence-electron chi connectivity index (χ0n) is 20.2.